The number of anilines is 2. The third-order valence-electron chi connectivity index (χ3n) is 2.69. The highest BCUT2D eigenvalue weighted by molar-refractivity contribution is 9.10. The van der Waals surface area contributed by atoms with Crippen LogP contribution >= 0.6 is 27.5 Å². The molecule has 5 heteroatoms. The Balaban J connectivity index is 2.25. The Morgan fingerprint density at radius 2 is 2.00 bits per heavy atom. The Morgan fingerprint density at radius 1 is 1.26 bits per heavy atom. The van der Waals surface area contributed by atoms with Crippen LogP contribution < -0.4 is 11.1 Å². The first-order valence-corrected chi connectivity index (χ1v) is 6.77. The fraction of sp³-hybridized carbons (Fsp3) is 0.0714. The Labute approximate surface area is 124 Å². The van der Waals surface area contributed by atoms with Crippen molar-refractivity contribution >= 4 is 44.8 Å². The average molecular weight is 340 g/mol. The summed E-state index contributed by atoms with van der Waals surface area (Å²) in [7, 11) is 0. The molecule has 0 bridgehead atoms. The summed E-state index contributed by atoms with van der Waals surface area (Å²) in [6, 6.07) is 10.4. The number of aryl methyl sites for hydroxylation is 1. The first-order valence-electron chi connectivity index (χ1n) is 5.60. The fourth-order valence-electron chi connectivity index (χ4n) is 1.72. The molecule has 2 aromatic carbocycles. The molecule has 0 saturated carbocycles. The van der Waals surface area contributed by atoms with Gasteiger partial charge in [-0.05, 0) is 48.9 Å². The smallest absolute Gasteiger partial charge is 0.255 e. The zero-order chi connectivity index (χ0) is 14.0. The summed E-state index contributed by atoms with van der Waals surface area (Å²) in [6.45, 7) is 1.88. The van der Waals surface area contributed by atoms with E-state index in [4.69, 9.17) is 17.3 Å². The van der Waals surface area contributed by atoms with Crippen molar-refractivity contribution in [2.75, 3.05) is 11.1 Å². The van der Waals surface area contributed by atoms with Crippen LogP contribution in [0.25, 0.3) is 0 Å². The molecule has 0 saturated heterocycles. The highest BCUT2D eigenvalue weighted by atomic mass is 79.9. The number of hydrogen-bond donors (Lipinski definition) is 2. The monoisotopic (exact) mass is 338 g/mol. The van der Waals surface area contributed by atoms with Gasteiger partial charge in [-0.2, -0.15) is 0 Å². The van der Waals surface area contributed by atoms with Crippen molar-refractivity contribution in [3.63, 3.8) is 0 Å². The molecular weight excluding hydrogens is 328 g/mol. The van der Waals surface area contributed by atoms with Crippen LogP contribution in [0.15, 0.2) is 40.9 Å². The molecule has 0 aliphatic carbocycles. The van der Waals surface area contributed by atoms with Gasteiger partial charge in [0.15, 0.2) is 0 Å². The maximum atomic E-state index is 12.2. The van der Waals surface area contributed by atoms with Crippen LogP contribution in [0.2, 0.25) is 5.02 Å². The predicted molar refractivity (Wildman–Crippen MR) is 82.7 cm³/mol. The van der Waals surface area contributed by atoms with Gasteiger partial charge in [-0.1, -0.05) is 27.5 Å². The van der Waals surface area contributed by atoms with E-state index >= 15 is 0 Å². The van der Waals surface area contributed by atoms with E-state index in [1.165, 1.54) is 0 Å². The van der Waals surface area contributed by atoms with Crippen molar-refractivity contribution in [2.45, 2.75) is 6.92 Å². The zero-order valence-electron chi connectivity index (χ0n) is 10.2. The normalized spacial score (nSPS) is 10.3. The molecule has 1 amide bonds. The van der Waals surface area contributed by atoms with E-state index in [9.17, 15) is 4.79 Å². The molecular formula is C14H12BrClN2O. The van der Waals surface area contributed by atoms with Crippen LogP contribution in [0.4, 0.5) is 11.4 Å². The third kappa shape index (κ3) is 3.28. The Bertz CT molecular complexity index is 643. The van der Waals surface area contributed by atoms with Crippen LogP contribution in [0.3, 0.4) is 0 Å². The molecule has 0 heterocycles. The number of nitrogens with two attached hydrogens (primary N) is 1. The quantitative estimate of drug-likeness (QED) is 0.804. The van der Waals surface area contributed by atoms with Crippen LogP contribution in [0.1, 0.15) is 15.9 Å². The number of carbonyl (C=O) groups is 1. The molecule has 98 valence electrons. The summed E-state index contributed by atoms with van der Waals surface area (Å²) >= 11 is 9.18. The molecule has 0 aliphatic heterocycles. The molecule has 2 rings (SSSR count). The van der Waals surface area contributed by atoms with Gasteiger partial charge in [0.25, 0.3) is 5.91 Å². The summed E-state index contributed by atoms with van der Waals surface area (Å²) in [6.07, 6.45) is 0. The number of amides is 1. The van der Waals surface area contributed by atoms with E-state index in [2.05, 4.69) is 21.2 Å². The molecule has 0 unspecified atom stereocenters. The highest BCUT2D eigenvalue weighted by Crippen LogP contribution is 2.24. The SMILES string of the molecule is Cc1cc(Br)ccc1C(=O)Nc1ccc(Cl)cc1N. The van der Waals surface area contributed by atoms with Crippen molar-refractivity contribution in [3.8, 4) is 0 Å². The van der Waals surface area contributed by atoms with Gasteiger partial charge in [-0.3, -0.25) is 4.79 Å². The molecule has 0 atom stereocenters. The van der Waals surface area contributed by atoms with Gasteiger partial charge in [-0.25, -0.2) is 0 Å². The maximum Gasteiger partial charge on any atom is 0.255 e. The number of nitrogens with one attached hydrogen (secondary N) is 1. The Kier molecular flexibility index (Phi) is 4.12. The van der Waals surface area contributed by atoms with Crippen LogP contribution in [-0.4, -0.2) is 5.91 Å². The largest absolute Gasteiger partial charge is 0.397 e. The minimum Gasteiger partial charge on any atom is -0.397 e. The average Bonchev–Trinajstić information content (AvgIpc) is 2.32. The summed E-state index contributed by atoms with van der Waals surface area (Å²) < 4.78 is 0.938. The van der Waals surface area contributed by atoms with Gasteiger partial charge in [0.1, 0.15) is 0 Å². The van der Waals surface area contributed by atoms with Crippen molar-refractivity contribution in [3.05, 3.63) is 57.0 Å². The molecule has 19 heavy (non-hydrogen) atoms. The number of carbonyl (C=O) groups excluding carboxylic acids is 1. The van der Waals surface area contributed by atoms with Crippen LogP contribution in [0, 0.1) is 6.92 Å². The van der Waals surface area contributed by atoms with Gasteiger partial charge in [0.2, 0.25) is 0 Å². The lowest BCUT2D eigenvalue weighted by Crippen LogP contribution is -2.14. The first kappa shape index (κ1) is 13.9. The lowest BCUT2D eigenvalue weighted by Gasteiger charge is -2.10. The summed E-state index contributed by atoms with van der Waals surface area (Å²) in [5.74, 6) is -0.195. The number of nitrogen functional groups attached to an aromatic ring is 1. The number of halogens is 2. The number of hydrogen-bond acceptors (Lipinski definition) is 2. The highest BCUT2D eigenvalue weighted by Gasteiger charge is 2.11. The molecule has 3 N–H and O–H groups in total. The Morgan fingerprint density at radius 3 is 2.63 bits per heavy atom. The van der Waals surface area contributed by atoms with Gasteiger partial charge in [0, 0.05) is 15.1 Å². The maximum absolute atomic E-state index is 12.2. The lowest BCUT2D eigenvalue weighted by molar-refractivity contribution is 0.102. The number of rotatable bonds is 2. The summed E-state index contributed by atoms with van der Waals surface area (Å²) in [5.41, 5.74) is 8.29. The van der Waals surface area contributed by atoms with Gasteiger partial charge in [-0.15, -0.1) is 0 Å². The van der Waals surface area contributed by atoms with Crippen molar-refractivity contribution < 1.29 is 4.79 Å². The lowest BCUT2D eigenvalue weighted by atomic mass is 10.1. The second-order valence-electron chi connectivity index (χ2n) is 4.14. The molecule has 0 spiro atoms. The van der Waals surface area contributed by atoms with Crippen molar-refractivity contribution in [2.24, 2.45) is 0 Å². The molecule has 0 radical (unpaired) electrons. The van der Waals surface area contributed by atoms with E-state index in [-0.39, 0.29) is 5.91 Å². The predicted octanol–water partition coefficient (Wildman–Crippen LogP) is 4.25. The van der Waals surface area contributed by atoms with Crippen LogP contribution in [0.5, 0.6) is 0 Å². The topological polar surface area (TPSA) is 55.1 Å². The minimum atomic E-state index is -0.195. The van der Waals surface area contributed by atoms with Crippen LogP contribution in [-0.2, 0) is 0 Å². The van der Waals surface area contributed by atoms with Crippen molar-refractivity contribution in [1.82, 2.24) is 0 Å². The van der Waals surface area contributed by atoms with Gasteiger partial charge >= 0.3 is 0 Å². The van der Waals surface area contributed by atoms with E-state index in [0.29, 0.717) is 22.0 Å². The third-order valence-corrected chi connectivity index (χ3v) is 3.42. The molecule has 3 nitrogen and oxygen atoms in total. The second-order valence-corrected chi connectivity index (χ2v) is 5.50. The summed E-state index contributed by atoms with van der Waals surface area (Å²) in [5, 5.41) is 3.31. The van der Waals surface area contributed by atoms with E-state index in [1.807, 2.05) is 19.1 Å². The second kappa shape index (κ2) is 5.63. The number of benzene rings is 2. The van der Waals surface area contributed by atoms with E-state index in [1.54, 1.807) is 24.3 Å². The van der Waals surface area contributed by atoms with E-state index < -0.39 is 0 Å². The molecule has 0 aromatic heterocycles. The zero-order valence-corrected chi connectivity index (χ0v) is 12.5. The van der Waals surface area contributed by atoms with Gasteiger partial charge < -0.3 is 11.1 Å². The first-order chi connectivity index (χ1) is 8.97. The molecule has 0 fully saturated rings. The van der Waals surface area contributed by atoms with Crippen molar-refractivity contribution in [1.29, 1.82) is 0 Å². The Hall–Kier alpha value is -1.52. The van der Waals surface area contributed by atoms with Gasteiger partial charge in [0.05, 0.1) is 11.4 Å². The molecule has 0 aliphatic rings. The summed E-state index contributed by atoms with van der Waals surface area (Å²) in [4.78, 5) is 12.2. The molecule has 2 aromatic rings. The minimum absolute atomic E-state index is 0.195. The van der Waals surface area contributed by atoms with E-state index in [0.717, 1.165) is 10.0 Å². The fourth-order valence-corrected chi connectivity index (χ4v) is 2.38. The standard InChI is InChI=1S/C14H12BrClN2O/c1-8-6-9(15)2-4-11(8)14(19)18-13-5-3-10(16)7-12(13)17/h2-7H,17H2,1H3,(H,18,19).